The smallest absolute Gasteiger partial charge is 0.367 e. The molecule has 2 aromatic heterocycles. The van der Waals surface area contributed by atoms with Crippen molar-refractivity contribution in [3.05, 3.63) is 35.2 Å². The maximum Gasteiger partial charge on any atom is 0.367 e. The second-order valence-corrected chi connectivity index (χ2v) is 4.39. The van der Waals surface area contributed by atoms with Gasteiger partial charge in [-0.2, -0.15) is 0 Å². The summed E-state index contributed by atoms with van der Waals surface area (Å²) in [5, 5.41) is 0.399. The lowest BCUT2D eigenvalue weighted by Gasteiger charge is -1.96. The quantitative estimate of drug-likeness (QED) is 0.784. The summed E-state index contributed by atoms with van der Waals surface area (Å²) in [5.74, 6) is -0.360. The van der Waals surface area contributed by atoms with Crippen molar-refractivity contribution >= 4 is 17.3 Å². The van der Waals surface area contributed by atoms with Gasteiger partial charge in [0.1, 0.15) is 0 Å². The standard InChI is InChI=1S/C12H12N2O2S/c1-3-16-12(15)11-14-8(2)10(17-11)9-4-6-13-7-5-9/h4-7H,3H2,1-2H3. The molecule has 0 fully saturated rings. The summed E-state index contributed by atoms with van der Waals surface area (Å²) in [6.07, 6.45) is 3.44. The van der Waals surface area contributed by atoms with Crippen LogP contribution in [0, 0.1) is 6.92 Å². The highest BCUT2D eigenvalue weighted by atomic mass is 32.1. The third-order valence-corrected chi connectivity index (χ3v) is 3.38. The zero-order valence-corrected chi connectivity index (χ0v) is 10.5. The molecule has 5 heteroatoms. The first-order valence-electron chi connectivity index (χ1n) is 5.27. The highest BCUT2D eigenvalue weighted by Crippen LogP contribution is 2.29. The van der Waals surface area contributed by atoms with Gasteiger partial charge in [0.25, 0.3) is 0 Å². The van der Waals surface area contributed by atoms with Crippen LogP contribution in [0.5, 0.6) is 0 Å². The fourth-order valence-electron chi connectivity index (χ4n) is 1.45. The fourth-order valence-corrected chi connectivity index (χ4v) is 2.41. The van der Waals surface area contributed by atoms with Crippen molar-refractivity contribution in [3.63, 3.8) is 0 Å². The number of esters is 1. The zero-order valence-electron chi connectivity index (χ0n) is 9.64. The summed E-state index contributed by atoms with van der Waals surface area (Å²) >= 11 is 1.35. The Kier molecular flexibility index (Phi) is 3.49. The molecule has 2 rings (SSSR count). The number of nitrogens with zero attached hydrogens (tertiary/aromatic N) is 2. The molecule has 0 aliphatic carbocycles. The first-order chi connectivity index (χ1) is 8.22. The molecule has 0 aliphatic heterocycles. The molecule has 0 spiro atoms. The minimum Gasteiger partial charge on any atom is -0.461 e. The van der Waals surface area contributed by atoms with Crippen LogP contribution in [0.2, 0.25) is 0 Å². The lowest BCUT2D eigenvalue weighted by Crippen LogP contribution is -2.03. The molecule has 0 unspecified atom stereocenters. The molecule has 0 radical (unpaired) electrons. The number of pyridine rings is 1. The van der Waals surface area contributed by atoms with E-state index >= 15 is 0 Å². The van der Waals surface area contributed by atoms with Crippen molar-refractivity contribution in [1.29, 1.82) is 0 Å². The fraction of sp³-hybridized carbons (Fsp3) is 0.250. The van der Waals surface area contributed by atoms with Gasteiger partial charge in [0.15, 0.2) is 0 Å². The minimum absolute atomic E-state index is 0.360. The highest BCUT2D eigenvalue weighted by molar-refractivity contribution is 7.17. The second-order valence-electron chi connectivity index (χ2n) is 3.39. The van der Waals surface area contributed by atoms with E-state index in [1.54, 1.807) is 19.3 Å². The number of aromatic nitrogens is 2. The topological polar surface area (TPSA) is 52.1 Å². The summed E-state index contributed by atoms with van der Waals surface area (Å²) in [6.45, 7) is 4.03. The highest BCUT2D eigenvalue weighted by Gasteiger charge is 2.16. The lowest BCUT2D eigenvalue weighted by molar-refractivity contribution is 0.0526. The number of hydrogen-bond acceptors (Lipinski definition) is 5. The van der Waals surface area contributed by atoms with Crippen LogP contribution in [0.25, 0.3) is 10.4 Å². The Balaban J connectivity index is 2.35. The van der Waals surface area contributed by atoms with Crippen molar-refractivity contribution in [2.24, 2.45) is 0 Å². The number of ether oxygens (including phenoxy) is 1. The summed E-state index contributed by atoms with van der Waals surface area (Å²) in [4.78, 5) is 20.7. The molecular weight excluding hydrogens is 236 g/mol. The monoisotopic (exact) mass is 248 g/mol. The van der Waals surface area contributed by atoms with E-state index in [4.69, 9.17) is 4.74 Å². The van der Waals surface area contributed by atoms with Crippen LogP contribution in [-0.2, 0) is 4.74 Å². The Bertz CT molecular complexity index is 523. The molecule has 0 aliphatic rings. The zero-order chi connectivity index (χ0) is 12.3. The maximum absolute atomic E-state index is 11.6. The molecule has 4 nitrogen and oxygen atoms in total. The van der Waals surface area contributed by atoms with E-state index in [-0.39, 0.29) is 5.97 Å². The molecule has 2 heterocycles. The molecular formula is C12H12N2O2S. The summed E-state index contributed by atoms with van der Waals surface area (Å²) < 4.78 is 4.93. The predicted molar refractivity (Wildman–Crippen MR) is 66.0 cm³/mol. The third kappa shape index (κ3) is 2.50. The molecule has 0 atom stereocenters. The van der Waals surface area contributed by atoms with Gasteiger partial charge in [-0.15, -0.1) is 11.3 Å². The SMILES string of the molecule is CCOC(=O)c1nc(C)c(-c2ccncc2)s1. The Morgan fingerprint density at radius 2 is 2.12 bits per heavy atom. The summed E-state index contributed by atoms with van der Waals surface area (Å²) in [6, 6.07) is 3.80. The predicted octanol–water partition coefficient (Wildman–Crippen LogP) is 2.69. The van der Waals surface area contributed by atoms with E-state index in [2.05, 4.69) is 9.97 Å². The maximum atomic E-state index is 11.6. The number of thiazole rings is 1. The molecule has 0 amide bonds. The van der Waals surface area contributed by atoms with Gasteiger partial charge in [-0.25, -0.2) is 9.78 Å². The van der Waals surface area contributed by atoms with Crippen LogP contribution >= 0.6 is 11.3 Å². The van der Waals surface area contributed by atoms with Crippen molar-refractivity contribution in [3.8, 4) is 10.4 Å². The average molecular weight is 248 g/mol. The van der Waals surface area contributed by atoms with Crippen molar-refractivity contribution < 1.29 is 9.53 Å². The second kappa shape index (κ2) is 5.05. The Hall–Kier alpha value is -1.75. The van der Waals surface area contributed by atoms with Gasteiger partial charge in [-0.3, -0.25) is 4.98 Å². The van der Waals surface area contributed by atoms with Gasteiger partial charge < -0.3 is 4.74 Å². The van der Waals surface area contributed by atoms with E-state index < -0.39 is 0 Å². The first-order valence-corrected chi connectivity index (χ1v) is 6.09. The number of carbonyl (C=O) groups is 1. The Labute approximate surface area is 103 Å². The van der Waals surface area contributed by atoms with Crippen LogP contribution < -0.4 is 0 Å². The first kappa shape index (κ1) is 11.7. The molecule has 0 saturated heterocycles. The number of aryl methyl sites for hydroxylation is 1. The third-order valence-electron chi connectivity index (χ3n) is 2.19. The van der Waals surface area contributed by atoms with Crippen molar-refractivity contribution in [1.82, 2.24) is 9.97 Å². The van der Waals surface area contributed by atoms with E-state index in [0.717, 1.165) is 16.1 Å². The number of rotatable bonds is 3. The molecule has 0 saturated carbocycles. The molecule has 2 aromatic rings. The summed E-state index contributed by atoms with van der Waals surface area (Å²) in [7, 11) is 0. The van der Waals surface area contributed by atoms with Crippen LogP contribution in [-0.4, -0.2) is 22.5 Å². The van der Waals surface area contributed by atoms with Crippen LogP contribution in [0.4, 0.5) is 0 Å². The van der Waals surface area contributed by atoms with Crippen molar-refractivity contribution in [2.75, 3.05) is 6.61 Å². The molecule has 0 bridgehead atoms. The van der Waals surface area contributed by atoms with Crippen LogP contribution in [0.1, 0.15) is 22.4 Å². The number of hydrogen-bond donors (Lipinski definition) is 0. The lowest BCUT2D eigenvalue weighted by atomic mass is 10.2. The van der Waals surface area contributed by atoms with Gasteiger partial charge in [0, 0.05) is 12.4 Å². The van der Waals surface area contributed by atoms with Gasteiger partial charge >= 0.3 is 5.97 Å². The van der Waals surface area contributed by atoms with E-state index in [1.165, 1.54) is 11.3 Å². The van der Waals surface area contributed by atoms with Gasteiger partial charge in [-0.05, 0) is 31.5 Å². The van der Waals surface area contributed by atoms with Gasteiger partial charge in [0.05, 0.1) is 17.2 Å². The molecule has 17 heavy (non-hydrogen) atoms. The van der Waals surface area contributed by atoms with Gasteiger partial charge in [0.2, 0.25) is 5.01 Å². The van der Waals surface area contributed by atoms with Crippen molar-refractivity contribution in [2.45, 2.75) is 13.8 Å². The van der Waals surface area contributed by atoms with Crippen LogP contribution in [0.3, 0.4) is 0 Å². The van der Waals surface area contributed by atoms with E-state index in [0.29, 0.717) is 11.6 Å². The Morgan fingerprint density at radius 3 is 2.76 bits per heavy atom. The van der Waals surface area contributed by atoms with E-state index in [9.17, 15) is 4.79 Å². The van der Waals surface area contributed by atoms with E-state index in [1.807, 2.05) is 19.1 Å². The van der Waals surface area contributed by atoms with Gasteiger partial charge in [-0.1, -0.05) is 0 Å². The molecule has 0 N–H and O–H groups in total. The normalized spacial score (nSPS) is 10.2. The molecule has 0 aromatic carbocycles. The Morgan fingerprint density at radius 1 is 1.41 bits per heavy atom. The largest absolute Gasteiger partial charge is 0.461 e. The molecule has 88 valence electrons. The number of carbonyl (C=O) groups excluding carboxylic acids is 1. The summed E-state index contributed by atoms with van der Waals surface area (Å²) in [5.41, 5.74) is 1.86. The van der Waals surface area contributed by atoms with Crippen LogP contribution in [0.15, 0.2) is 24.5 Å². The minimum atomic E-state index is -0.360. The average Bonchev–Trinajstić information content (AvgIpc) is 2.73.